The molecule has 1 unspecified atom stereocenters. The lowest BCUT2D eigenvalue weighted by atomic mass is 9.97. The molecule has 0 radical (unpaired) electrons. The van der Waals surface area contributed by atoms with Gasteiger partial charge in [-0.3, -0.25) is 4.79 Å². The van der Waals surface area contributed by atoms with Crippen LogP contribution in [0.1, 0.15) is 43.4 Å². The average molecular weight is 360 g/mol. The van der Waals surface area contributed by atoms with E-state index in [9.17, 15) is 4.79 Å². The van der Waals surface area contributed by atoms with Crippen LogP contribution in [-0.2, 0) is 4.79 Å². The normalized spacial score (nSPS) is 15.9. The first-order valence-electron chi connectivity index (χ1n) is 8.57. The summed E-state index contributed by atoms with van der Waals surface area (Å²) in [6.07, 6.45) is 2.16. The maximum Gasteiger partial charge on any atom is 0.220 e. The van der Waals surface area contributed by atoms with E-state index >= 15 is 0 Å². The van der Waals surface area contributed by atoms with Crippen LogP contribution in [0.15, 0.2) is 36.4 Å². The van der Waals surface area contributed by atoms with Crippen molar-refractivity contribution in [1.82, 2.24) is 5.32 Å². The number of aryl methyl sites for hydroxylation is 1. The fraction of sp³-hybridized carbons (Fsp3) is 0.350. The van der Waals surface area contributed by atoms with E-state index in [2.05, 4.69) is 5.32 Å². The van der Waals surface area contributed by atoms with Crippen molar-refractivity contribution in [2.45, 2.75) is 39.2 Å². The molecule has 1 amide bonds. The van der Waals surface area contributed by atoms with Gasteiger partial charge in [0.15, 0.2) is 0 Å². The summed E-state index contributed by atoms with van der Waals surface area (Å²) < 4.78 is 11.8. The monoisotopic (exact) mass is 359 g/mol. The highest BCUT2D eigenvalue weighted by Gasteiger charge is 2.24. The number of carbonyl (C=O) groups is 1. The molecule has 1 aliphatic heterocycles. The van der Waals surface area contributed by atoms with E-state index in [-0.39, 0.29) is 11.9 Å². The third-order valence-electron chi connectivity index (χ3n) is 4.20. The van der Waals surface area contributed by atoms with Crippen molar-refractivity contribution in [2.24, 2.45) is 0 Å². The maximum absolute atomic E-state index is 12.0. The second-order valence-corrected chi connectivity index (χ2v) is 6.66. The van der Waals surface area contributed by atoms with Crippen LogP contribution in [0, 0.1) is 6.92 Å². The van der Waals surface area contributed by atoms with E-state index in [0.29, 0.717) is 18.1 Å². The summed E-state index contributed by atoms with van der Waals surface area (Å²) in [5.74, 6) is 2.31. The topological polar surface area (TPSA) is 47.6 Å². The Kier molecular flexibility index (Phi) is 5.49. The van der Waals surface area contributed by atoms with Crippen molar-refractivity contribution < 1.29 is 14.3 Å². The molecular weight excluding hydrogens is 338 g/mol. The molecule has 0 spiro atoms. The van der Waals surface area contributed by atoms with Crippen LogP contribution in [-0.4, -0.2) is 12.5 Å². The second-order valence-electron chi connectivity index (χ2n) is 6.22. The van der Waals surface area contributed by atoms with Gasteiger partial charge in [-0.1, -0.05) is 18.5 Å². The summed E-state index contributed by atoms with van der Waals surface area (Å²) in [4.78, 5) is 12.0. The fourth-order valence-electron chi connectivity index (χ4n) is 2.91. The number of ether oxygens (including phenoxy) is 2. The first-order chi connectivity index (χ1) is 12.1. The number of hydrogen-bond acceptors (Lipinski definition) is 3. The predicted molar refractivity (Wildman–Crippen MR) is 98.6 cm³/mol. The molecule has 2 aromatic rings. The molecule has 5 heteroatoms. The number of fused-ring (bicyclic) bond motifs is 1. The lowest BCUT2D eigenvalue weighted by Crippen LogP contribution is -2.32. The molecule has 0 saturated heterocycles. The van der Waals surface area contributed by atoms with E-state index in [1.807, 2.05) is 38.1 Å². The molecule has 0 fully saturated rings. The van der Waals surface area contributed by atoms with Gasteiger partial charge in [0, 0.05) is 29.5 Å². The van der Waals surface area contributed by atoms with Crippen molar-refractivity contribution in [2.75, 3.05) is 6.61 Å². The van der Waals surface area contributed by atoms with Crippen LogP contribution in [0.3, 0.4) is 0 Å². The SMILES string of the molecule is CCCC(=O)NC1CCOc2cc(Oc3ccc(Cl)cc3)c(C)cc21. The Labute approximate surface area is 153 Å². The second kappa shape index (κ2) is 7.79. The highest BCUT2D eigenvalue weighted by molar-refractivity contribution is 6.30. The fourth-order valence-corrected chi connectivity index (χ4v) is 3.04. The first kappa shape index (κ1) is 17.6. The zero-order valence-electron chi connectivity index (χ0n) is 14.5. The maximum atomic E-state index is 12.0. The first-order valence-corrected chi connectivity index (χ1v) is 8.94. The van der Waals surface area contributed by atoms with Crippen LogP contribution in [0.5, 0.6) is 17.2 Å². The number of hydrogen-bond donors (Lipinski definition) is 1. The number of rotatable bonds is 5. The molecule has 3 rings (SSSR count). The largest absolute Gasteiger partial charge is 0.493 e. The zero-order valence-corrected chi connectivity index (χ0v) is 15.2. The molecule has 1 N–H and O–H groups in total. The Balaban J connectivity index is 1.82. The Hall–Kier alpha value is -2.20. The van der Waals surface area contributed by atoms with Gasteiger partial charge in [-0.25, -0.2) is 0 Å². The van der Waals surface area contributed by atoms with E-state index in [1.54, 1.807) is 12.1 Å². The Morgan fingerprint density at radius 2 is 2.08 bits per heavy atom. The highest BCUT2D eigenvalue weighted by atomic mass is 35.5. The van der Waals surface area contributed by atoms with Gasteiger partial charge < -0.3 is 14.8 Å². The molecule has 1 aliphatic rings. The minimum absolute atomic E-state index is 0.00826. The van der Waals surface area contributed by atoms with Gasteiger partial charge in [0.1, 0.15) is 17.2 Å². The summed E-state index contributed by atoms with van der Waals surface area (Å²) in [5.41, 5.74) is 2.01. The molecule has 4 nitrogen and oxygen atoms in total. The van der Waals surface area contributed by atoms with Gasteiger partial charge in [-0.05, 0) is 49.2 Å². The predicted octanol–water partition coefficient (Wildman–Crippen LogP) is 5.18. The molecule has 1 heterocycles. The van der Waals surface area contributed by atoms with Crippen LogP contribution < -0.4 is 14.8 Å². The quantitative estimate of drug-likeness (QED) is 0.800. The Morgan fingerprint density at radius 3 is 2.80 bits per heavy atom. The molecule has 0 bridgehead atoms. The summed E-state index contributed by atoms with van der Waals surface area (Å²) in [7, 11) is 0. The number of nitrogens with one attached hydrogen (secondary N) is 1. The summed E-state index contributed by atoms with van der Waals surface area (Å²) in [6, 6.07) is 11.2. The standard InChI is InChI=1S/C20H22ClNO3/c1-3-4-20(23)22-17-9-10-24-19-12-18(13(2)11-16(17)19)25-15-7-5-14(21)6-8-15/h5-8,11-12,17H,3-4,9-10H2,1-2H3,(H,22,23). The molecule has 1 atom stereocenters. The minimum atomic E-state index is -0.00826. The van der Waals surface area contributed by atoms with Crippen molar-refractivity contribution in [3.05, 3.63) is 52.5 Å². The van der Waals surface area contributed by atoms with Crippen LogP contribution >= 0.6 is 11.6 Å². The van der Waals surface area contributed by atoms with Crippen LogP contribution in [0.4, 0.5) is 0 Å². The van der Waals surface area contributed by atoms with E-state index < -0.39 is 0 Å². The van der Waals surface area contributed by atoms with Crippen molar-refractivity contribution >= 4 is 17.5 Å². The zero-order chi connectivity index (χ0) is 17.8. The van der Waals surface area contributed by atoms with Gasteiger partial charge in [0.05, 0.1) is 12.6 Å². The molecule has 25 heavy (non-hydrogen) atoms. The van der Waals surface area contributed by atoms with Gasteiger partial charge in [0.25, 0.3) is 0 Å². The third-order valence-corrected chi connectivity index (χ3v) is 4.45. The molecule has 0 aliphatic carbocycles. The summed E-state index contributed by atoms with van der Waals surface area (Å²) >= 11 is 5.91. The lowest BCUT2D eigenvalue weighted by molar-refractivity contribution is -0.122. The van der Waals surface area contributed by atoms with Crippen molar-refractivity contribution in [3.8, 4) is 17.2 Å². The molecule has 132 valence electrons. The summed E-state index contributed by atoms with van der Waals surface area (Å²) in [6.45, 7) is 4.57. The van der Waals surface area contributed by atoms with E-state index in [0.717, 1.165) is 41.2 Å². The van der Waals surface area contributed by atoms with E-state index in [1.165, 1.54) is 0 Å². The van der Waals surface area contributed by atoms with Gasteiger partial charge in [-0.2, -0.15) is 0 Å². The number of halogens is 1. The highest BCUT2D eigenvalue weighted by Crippen LogP contribution is 2.38. The van der Waals surface area contributed by atoms with Gasteiger partial charge in [-0.15, -0.1) is 0 Å². The molecule has 0 aromatic heterocycles. The summed E-state index contributed by atoms with van der Waals surface area (Å²) in [5, 5.41) is 3.77. The smallest absolute Gasteiger partial charge is 0.220 e. The number of carbonyl (C=O) groups excluding carboxylic acids is 1. The molecular formula is C20H22ClNO3. The molecule has 0 saturated carbocycles. The number of benzene rings is 2. The minimum Gasteiger partial charge on any atom is -0.493 e. The van der Waals surface area contributed by atoms with Crippen molar-refractivity contribution in [3.63, 3.8) is 0 Å². The average Bonchev–Trinajstić information content (AvgIpc) is 2.58. The van der Waals surface area contributed by atoms with Crippen molar-refractivity contribution in [1.29, 1.82) is 0 Å². The Morgan fingerprint density at radius 1 is 1.32 bits per heavy atom. The van der Waals surface area contributed by atoms with Crippen LogP contribution in [0.2, 0.25) is 5.02 Å². The lowest BCUT2D eigenvalue weighted by Gasteiger charge is -2.28. The van der Waals surface area contributed by atoms with Gasteiger partial charge >= 0.3 is 0 Å². The molecule has 2 aromatic carbocycles. The van der Waals surface area contributed by atoms with E-state index in [4.69, 9.17) is 21.1 Å². The third kappa shape index (κ3) is 4.26. The van der Waals surface area contributed by atoms with Gasteiger partial charge in [0.2, 0.25) is 5.91 Å². The van der Waals surface area contributed by atoms with Crippen LogP contribution in [0.25, 0.3) is 0 Å². The number of amides is 1. The Bertz CT molecular complexity index is 758.